The van der Waals surface area contributed by atoms with Gasteiger partial charge in [0.1, 0.15) is 11.6 Å². The highest BCUT2D eigenvalue weighted by molar-refractivity contribution is 6.00. The zero-order chi connectivity index (χ0) is 14.7. The summed E-state index contributed by atoms with van der Waals surface area (Å²) in [5, 5.41) is 0. The van der Waals surface area contributed by atoms with Crippen LogP contribution >= 0.6 is 0 Å². The third kappa shape index (κ3) is 3.16. The van der Waals surface area contributed by atoms with Crippen molar-refractivity contribution in [1.82, 2.24) is 9.80 Å². The number of nitrogens with zero attached hydrogens (tertiary/aromatic N) is 2. The van der Waals surface area contributed by atoms with Crippen LogP contribution in [-0.4, -0.2) is 62.5 Å². The van der Waals surface area contributed by atoms with Gasteiger partial charge in [0, 0.05) is 12.6 Å². The molecule has 1 saturated heterocycles. The van der Waals surface area contributed by atoms with Crippen molar-refractivity contribution in [1.29, 1.82) is 0 Å². The molecule has 0 N–H and O–H groups in total. The number of likely N-dealkylation sites (N-methyl/N-ethyl adjacent to an activating group) is 2. The number of carbonyl (C=O) groups is 1. The lowest BCUT2D eigenvalue weighted by Crippen LogP contribution is -2.44. The number of methoxy groups -OCH3 is 1. The molecule has 110 valence electrons. The largest absolute Gasteiger partial charge is 0.497 e. The summed E-state index contributed by atoms with van der Waals surface area (Å²) in [4.78, 5) is 16.7. The van der Waals surface area contributed by atoms with Crippen LogP contribution in [0.25, 0.3) is 0 Å². The Kier molecular flexibility index (Phi) is 4.73. The highest BCUT2D eigenvalue weighted by Crippen LogP contribution is 2.20. The van der Waals surface area contributed by atoms with Crippen molar-refractivity contribution in [3.8, 4) is 5.75 Å². The van der Waals surface area contributed by atoms with E-state index in [-0.39, 0.29) is 17.4 Å². The number of benzene rings is 1. The minimum atomic E-state index is -0.519. The van der Waals surface area contributed by atoms with E-state index in [1.54, 1.807) is 6.07 Å². The molecule has 0 radical (unpaired) electrons. The summed E-state index contributed by atoms with van der Waals surface area (Å²) in [5.74, 6) is -0.263. The second kappa shape index (κ2) is 6.33. The maximum absolute atomic E-state index is 14.0. The molecule has 1 aliphatic heterocycles. The first-order valence-electron chi connectivity index (χ1n) is 6.79. The zero-order valence-electron chi connectivity index (χ0n) is 12.2. The normalized spacial score (nSPS) is 21.5. The lowest BCUT2D eigenvalue weighted by atomic mass is 10.0. The number of rotatable bonds is 3. The van der Waals surface area contributed by atoms with Gasteiger partial charge in [-0.05, 0) is 45.7 Å². The second-order valence-corrected chi connectivity index (χ2v) is 5.32. The lowest BCUT2D eigenvalue weighted by Gasteiger charge is -2.26. The summed E-state index contributed by atoms with van der Waals surface area (Å²) in [6, 6.07) is 4.09. The summed E-state index contributed by atoms with van der Waals surface area (Å²) in [5.41, 5.74) is 0.137. The highest BCUT2D eigenvalue weighted by atomic mass is 19.1. The molecule has 1 unspecified atom stereocenters. The molecule has 1 fully saturated rings. The third-order valence-electron chi connectivity index (χ3n) is 3.81. The number of Topliss-reactive ketones (excluding diaryl/α,β-unsaturated/α-hetero) is 1. The predicted octanol–water partition coefficient (Wildman–Crippen LogP) is 1.65. The fourth-order valence-corrected chi connectivity index (χ4v) is 2.56. The van der Waals surface area contributed by atoms with Crippen molar-refractivity contribution in [2.75, 3.05) is 40.8 Å². The Labute approximate surface area is 119 Å². The Bertz CT molecular complexity index is 493. The van der Waals surface area contributed by atoms with Crippen molar-refractivity contribution < 1.29 is 13.9 Å². The molecule has 1 atom stereocenters. The van der Waals surface area contributed by atoms with E-state index in [0.29, 0.717) is 12.3 Å². The van der Waals surface area contributed by atoms with Crippen molar-refractivity contribution in [2.45, 2.75) is 12.5 Å². The minimum Gasteiger partial charge on any atom is -0.497 e. The topological polar surface area (TPSA) is 32.8 Å². The summed E-state index contributed by atoms with van der Waals surface area (Å²) < 4.78 is 19.0. The molecule has 1 aromatic rings. The summed E-state index contributed by atoms with van der Waals surface area (Å²) in [6.45, 7) is 2.43. The first-order valence-corrected chi connectivity index (χ1v) is 6.79. The quantitative estimate of drug-likeness (QED) is 0.788. The Morgan fingerprint density at radius 1 is 1.35 bits per heavy atom. The Hall–Kier alpha value is -1.46. The minimum absolute atomic E-state index is 0.137. The van der Waals surface area contributed by atoms with Crippen molar-refractivity contribution in [2.24, 2.45) is 0 Å². The van der Waals surface area contributed by atoms with Gasteiger partial charge in [0.2, 0.25) is 0 Å². The first-order chi connectivity index (χ1) is 9.52. The molecule has 2 rings (SSSR count). The van der Waals surface area contributed by atoms with Crippen LogP contribution in [0.5, 0.6) is 5.75 Å². The van der Waals surface area contributed by atoms with E-state index in [2.05, 4.69) is 4.90 Å². The number of hydrogen-bond acceptors (Lipinski definition) is 4. The van der Waals surface area contributed by atoms with Crippen LogP contribution in [-0.2, 0) is 0 Å². The van der Waals surface area contributed by atoms with Crippen LogP contribution < -0.4 is 4.74 Å². The number of halogens is 1. The van der Waals surface area contributed by atoms with Gasteiger partial charge in [0.25, 0.3) is 0 Å². The number of hydrogen-bond donors (Lipinski definition) is 0. The van der Waals surface area contributed by atoms with Crippen molar-refractivity contribution >= 4 is 5.78 Å². The van der Waals surface area contributed by atoms with E-state index in [1.807, 2.05) is 19.0 Å². The Morgan fingerprint density at radius 3 is 2.75 bits per heavy atom. The van der Waals surface area contributed by atoms with Gasteiger partial charge in [-0.1, -0.05) is 0 Å². The third-order valence-corrected chi connectivity index (χ3v) is 3.81. The van der Waals surface area contributed by atoms with Crippen molar-refractivity contribution in [3.63, 3.8) is 0 Å². The van der Waals surface area contributed by atoms with Gasteiger partial charge in [-0.3, -0.25) is 9.69 Å². The van der Waals surface area contributed by atoms with Gasteiger partial charge in [-0.15, -0.1) is 0 Å². The van der Waals surface area contributed by atoms with E-state index < -0.39 is 5.82 Å². The van der Waals surface area contributed by atoms with Crippen molar-refractivity contribution in [3.05, 3.63) is 29.6 Å². The molecule has 5 heteroatoms. The Balaban J connectivity index is 2.25. The molecule has 0 saturated carbocycles. The molecule has 1 aromatic carbocycles. The van der Waals surface area contributed by atoms with Gasteiger partial charge in [-0.25, -0.2) is 4.39 Å². The number of ether oxygens (including phenoxy) is 1. The summed E-state index contributed by atoms with van der Waals surface area (Å²) in [7, 11) is 5.39. The van der Waals surface area contributed by atoms with Gasteiger partial charge >= 0.3 is 0 Å². The van der Waals surface area contributed by atoms with Gasteiger partial charge < -0.3 is 9.64 Å². The standard InChI is InChI=1S/C15H21FN2O2/c1-17-7-4-8-18(2)14(10-17)15(19)12-6-5-11(20-3)9-13(12)16/h5-6,9,14H,4,7-8,10H2,1-3H3. The predicted molar refractivity (Wildman–Crippen MR) is 75.8 cm³/mol. The molecule has 4 nitrogen and oxygen atoms in total. The van der Waals surface area contributed by atoms with E-state index in [1.165, 1.54) is 19.2 Å². The van der Waals surface area contributed by atoms with Crippen LogP contribution in [0, 0.1) is 5.82 Å². The maximum atomic E-state index is 14.0. The molecule has 20 heavy (non-hydrogen) atoms. The second-order valence-electron chi connectivity index (χ2n) is 5.32. The molecule has 0 bridgehead atoms. The molecule has 0 amide bonds. The summed E-state index contributed by atoms with van der Waals surface area (Å²) >= 11 is 0. The fourth-order valence-electron chi connectivity index (χ4n) is 2.56. The average Bonchev–Trinajstić information content (AvgIpc) is 2.59. The Morgan fingerprint density at radius 2 is 2.10 bits per heavy atom. The fraction of sp³-hybridized carbons (Fsp3) is 0.533. The SMILES string of the molecule is COc1ccc(C(=O)C2CN(C)CCCN2C)c(F)c1. The van der Waals surface area contributed by atoms with E-state index in [4.69, 9.17) is 4.74 Å². The van der Waals surface area contributed by atoms with Crippen LogP contribution in [0.2, 0.25) is 0 Å². The molecular weight excluding hydrogens is 259 g/mol. The van der Waals surface area contributed by atoms with Crippen LogP contribution in [0.4, 0.5) is 4.39 Å². The molecule has 0 aliphatic carbocycles. The van der Waals surface area contributed by atoms with Crippen LogP contribution in [0.1, 0.15) is 16.8 Å². The monoisotopic (exact) mass is 280 g/mol. The molecule has 0 aromatic heterocycles. The number of carbonyl (C=O) groups excluding carboxylic acids is 1. The van der Waals surface area contributed by atoms with Crippen LogP contribution in [0.3, 0.4) is 0 Å². The van der Waals surface area contributed by atoms with Gasteiger partial charge in [0.05, 0.1) is 18.7 Å². The number of ketones is 1. The highest BCUT2D eigenvalue weighted by Gasteiger charge is 2.29. The lowest BCUT2D eigenvalue weighted by molar-refractivity contribution is 0.0835. The first kappa shape index (κ1) is 14.9. The van der Waals surface area contributed by atoms with Gasteiger partial charge in [-0.2, -0.15) is 0 Å². The van der Waals surface area contributed by atoms with E-state index in [9.17, 15) is 9.18 Å². The smallest absolute Gasteiger partial charge is 0.184 e. The van der Waals surface area contributed by atoms with Gasteiger partial charge in [0.15, 0.2) is 5.78 Å². The molecule has 1 heterocycles. The maximum Gasteiger partial charge on any atom is 0.184 e. The molecule has 1 aliphatic rings. The average molecular weight is 280 g/mol. The summed E-state index contributed by atoms with van der Waals surface area (Å²) in [6.07, 6.45) is 1.02. The van der Waals surface area contributed by atoms with E-state index >= 15 is 0 Å². The van der Waals surface area contributed by atoms with Crippen LogP contribution in [0.15, 0.2) is 18.2 Å². The van der Waals surface area contributed by atoms with E-state index in [0.717, 1.165) is 19.5 Å². The molecule has 0 spiro atoms. The zero-order valence-corrected chi connectivity index (χ0v) is 12.2. The molecular formula is C15H21FN2O2.